The SMILES string of the molecule is Cc1ccc(Cn2c(C(=O)NCCN3CCOCC3)cc3occc32)cc1. The Morgan fingerprint density at radius 1 is 1.15 bits per heavy atom. The Morgan fingerprint density at radius 3 is 2.70 bits per heavy atom. The third-order valence-electron chi connectivity index (χ3n) is 5.03. The number of ether oxygens (including phenoxy) is 1. The summed E-state index contributed by atoms with van der Waals surface area (Å²) in [5, 5.41) is 3.05. The Morgan fingerprint density at radius 2 is 1.93 bits per heavy atom. The molecule has 1 aromatic carbocycles. The summed E-state index contributed by atoms with van der Waals surface area (Å²) in [6.45, 7) is 7.54. The van der Waals surface area contributed by atoms with Gasteiger partial charge in [-0.1, -0.05) is 29.8 Å². The number of hydrogen-bond donors (Lipinski definition) is 1. The quantitative estimate of drug-likeness (QED) is 0.728. The highest BCUT2D eigenvalue weighted by Gasteiger charge is 2.18. The van der Waals surface area contributed by atoms with Crippen molar-refractivity contribution in [3.8, 4) is 0 Å². The van der Waals surface area contributed by atoms with E-state index in [0.29, 0.717) is 18.8 Å². The molecule has 1 fully saturated rings. The van der Waals surface area contributed by atoms with Crippen molar-refractivity contribution in [1.29, 1.82) is 0 Å². The highest BCUT2D eigenvalue weighted by molar-refractivity contribution is 5.97. The fraction of sp³-hybridized carbons (Fsp3) is 0.381. The molecule has 2 aromatic heterocycles. The van der Waals surface area contributed by atoms with Crippen LogP contribution < -0.4 is 5.32 Å². The van der Waals surface area contributed by atoms with Crippen molar-refractivity contribution in [2.24, 2.45) is 0 Å². The molecule has 1 saturated heterocycles. The van der Waals surface area contributed by atoms with Crippen LogP contribution in [0.3, 0.4) is 0 Å². The Balaban J connectivity index is 1.47. The Hall–Kier alpha value is -2.57. The van der Waals surface area contributed by atoms with Gasteiger partial charge in [0, 0.05) is 44.9 Å². The molecule has 0 unspecified atom stereocenters. The molecular weight excluding hydrogens is 342 g/mol. The molecule has 1 aliphatic heterocycles. The van der Waals surface area contributed by atoms with Crippen LogP contribution >= 0.6 is 0 Å². The van der Waals surface area contributed by atoms with Crippen LogP contribution in [0.15, 0.2) is 47.1 Å². The molecule has 1 aliphatic rings. The maximum absolute atomic E-state index is 12.8. The predicted molar refractivity (Wildman–Crippen MR) is 104 cm³/mol. The predicted octanol–water partition coefficient (Wildman–Crippen LogP) is 2.65. The molecule has 6 heteroatoms. The van der Waals surface area contributed by atoms with Gasteiger partial charge in [0.2, 0.25) is 0 Å². The summed E-state index contributed by atoms with van der Waals surface area (Å²) in [6.07, 6.45) is 1.66. The highest BCUT2D eigenvalue weighted by Crippen LogP contribution is 2.22. The monoisotopic (exact) mass is 367 g/mol. The van der Waals surface area contributed by atoms with E-state index in [1.807, 2.05) is 16.7 Å². The van der Waals surface area contributed by atoms with E-state index < -0.39 is 0 Å². The number of aromatic nitrogens is 1. The molecule has 0 spiro atoms. The minimum Gasteiger partial charge on any atom is -0.463 e. The summed E-state index contributed by atoms with van der Waals surface area (Å²) in [5.74, 6) is -0.0678. The lowest BCUT2D eigenvalue weighted by atomic mass is 10.1. The zero-order chi connectivity index (χ0) is 18.6. The number of rotatable bonds is 6. The number of amides is 1. The highest BCUT2D eigenvalue weighted by atomic mass is 16.5. The minimum absolute atomic E-state index is 0.0678. The fourth-order valence-electron chi connectivity index (χ4n) is 3.45. The van der Waals surface area contributed by atoms with Crippen LogP contribution in [-0.2, 0) is 11.3 Å². The van der Waals surface area contributed by atoms with Crippen molar-refractivity contribution in [2.75, 3.05) is 39.4 Å². The summed E-state index contributed by atoms with van der Waals surface area (Å²) < 4.78 is 12.9. The van der Waals surface area contributed by atoms with Gasteiger partial charge in [-0.05, 0) is 12.5 Å². The average Bonchev–Trinajstić information content (AvgIpc) is 3.27. The van der Waals surface area contributed by atoms with Gasteiger partial charge in [0.1, 0.15) is 5.69 Å². The van der Waals surface area contributed by atoms with E-state index in [2.05, 4.69) is 41.4 Å². The van der Waals surface area contributed by atoms with Crippen LogP contribution in [0.4, 0.5) is 0 Å². The third-order valence-corrected chi connectivity index (χ3v) is 5.03. The van der Waals surface area contributed by atoms with Crippen molar-refractivity contribution < 1.29 is 13.9 Å². The van der Waals surface area contributed by atoms with Crippen LogP contribution in [0.25, 0.3) is 11.1 Å². The third kappa shape index (κ3) is 4.07. The first-order chi connectivity index (χ1) is 13.2. The normalized spacial score (nSPS) is 15.3. The number of hydrogen-bond acceptors (Lipinski definition) is 4. The average molecular weight is 367 g/mol. The maximum Gasteiger partial charge on any atom is 0.268 e. The number of morpholine rings is 1. The van der Waals surface area contributed by atoms with E-state index in [1.165, 1.54) is 5.56 Å². The van der Waals surface area contributed by atoms with Gasteiger partial charge < -0.3 is 19.0 Å². The van der Waals surface area contributed by atoms with E-state index in [0.717, 1.165) is 49.5 Å². The summed E-state index contributed by atoms with van der Waals surface area (Å²) in [7, 11) is 0. The number of furan rings is 1. The molecule has 4 rings (SSSR count). The van der Waals surface area contributed by atoms with E-state index in [4.69, 9.17) is 9.15 Å². The van der Waals surface area contributed by atoms with Gasteiger partial charge in [-0.3, -0.25) is 9.69 Å². The molecule has 0 bridgehead atoms. The molecule has 0 radical (unpaired) electrons. The van der Waals surface area contributed by atoms with Gasteiger partial charge >= 0.3 is 0 Å². The second-order valence-electron chi connectivity index (χ2n) is 6.98. The molecule has 27 heavy (non-hydrogen) atoms. The second kappa shape index (κ2) is 7.98. The van der Waals surface area contributed by atoms with Gasteiger partial charge in [0.05, 0.1) is 25.0 Å². The largest absolute Gasteiger partial charge is 0.463 e. The van der Waals surface area contributed by atoms with Gasteiger partial charge in [-0.15, -0.1) is 0 Å². The zero-order valence-electron chi connectivity index (χ0n) is 15.6. The number of benzene rings is 1. The van der Waals surface area contributed by atoms with Crippen molar-refractivity contribution in [3.63, 3.8) is 0 Å². The maximum atomic E-state index is 12.8. The standard InChI is InChI=1S/C21H25N3O3/c1-16-2-4-17(5-3-16)15-24-18-6-11-27-20(18)14-19(24)21(25)22-7-8-23-9-12-26-13-10-23/h2-6,11,14H,7-10,12-13,15H2,1H3,(H,22,25). The van der Waals surface area contributed by atoms with Crippen molar-refractivity contribution >= 4 is 17.0 Å². The van der Waals surface area contributed by atoms with Gasteiger partial charge in [0.15, 0.2) is 5.58 Å². The number of aryl methyl sites for hydroxylation is 1. The number of carbonyl (C=O) groups is 1. The van der Waals surface area contributed by atoms with Crippen LogP contribution in [0, 0.1) is 6.92 Å². The first kappa shape index (κ1) is 17.8. The molecule has 142 valence electrons. The van der Waals surface area contributed by atoms with E-state index >= 15 is 0 Å². The van der Waals surface area contributed by atoms with Crippen LogP contribution in [0.5, 0.6) is 0 Å². The first-order valence-corrected chi connectivity index (χ1v) is 9.41. The Bertz CT molecular complexity index is 905. The van der Waals surface area contributed by atoms with Gasteiger partial charge in [-0.25, -0.2) is 0 Å². The lowest BCUT2D eigenvalue weighted by Crippen LogP contribution is -2.41. The van der Waals surface area contributed by atoms with E-state index in [9.17, 15) is 4.79 Å². The van der Waals surface area contributed by atoms with Gasteiger partial charge in [0.25, 0.3) is 5.91 Å². The lowest BCUT2D eigenvalue weighted by Gasteiger charge is -2.26. The molecule has 0 saturated carbocycles. The molecule has 1 amide bonds. The van der Waals surface area contributed by atoms with Crippen molar-refractivity contribution in [1.82, 2.24) is 14.8 Å². The van der Waals surface area contributed by atoms with E-state index in [1.54, 1.807) is 6.26 Å². The summed E-state index contributed by atoms with van der Waals surface area (Å²) in [4.78, 5) is 15.1. The van der Waals surface area contributed by atoms with E-state index in [-0.39, 0.29) is 5.91 Å². The van der Waals surface area contributed by atoms with Crippen LogP contribution in [0.2, 0.25) is 0 Å². The smallest absolute Gasteiger partial charge is 0.268 e. The zero-order valence-corrected chi connectivity index (χ0v) is 15.6. The summed E-state index contributed by atoms with van der Waals surface area (Å²) in [5.41, 5.74) is 4.68. The number of fused-ring (bicyclic) bond motifs is 1. The van der Waals surface area contributed by atoms with Crippen LogP contribution in [-0.4, -0.2) is 54.8 Å². The molecule has 3 heterocycles. The number of carbonyl (C=O) groups excluding carboxylic acids is 1. The Kier molecular flexibility index (Phi) is 5.27. The summed E-state index contributed by atoms with van der Waals surface area (Å²) in [6, 6.07) is 12.1. The fourth-order valence-corrected chi connectivity index (χ4v) is 3.45. The Labute approximate surface area is 158 Å². The molecule has 0 aliphatic carbocycles. The van der Waals surface area contributed by atoms with Gasteiger partial charge in [-0.2, -0.15) is 0 Å². The number of nitrogens with zero attached hydrogens (tertiary/aromatic N) is 2. The van der Waals surface area contributed by atoms with Crippen molar-refractivity contribution in [3.05, 3.63) is 59.5 Å². The molecule has 3 aromatic rings. The molecule has 1 N–H and O–H groups in total. The molecule has 0 atom stereocenters. The lowest BCUT2D eigenvalue weighted by molar-refractivity contribution is 0.0383. The first-order valence-electron chi connectivity index (χ1n) is 9.41. The summed E-state index contributed by atoms with van der Waals surface area (Å²) >= 11 is 0. The van der Waals surface area contributed by atoms with Crippen LogP contribution in [0.1, 0.15) is 21.6 Å². The molecular formula is C21H25N3O3. The minimum atomic E-state index is -0.0678. The molecule has 6 nitrogen and oxygen atoms in total. The topological polar surface area (TPSA) is 59.6 Å². The second-order valence-corrected chi connectivity index (χ2v) is 6.98. The van der Waals surface area contributed by atoms with Crippen molar-refractivity contribution in [2.45, 2.75) is 13.5 Å². The number of nitrogens with one attached hydrogen (secondary N) is 1.